The van der Waals surface area contributed by atoms with Crippen molar-refractivity contribution in [2.24, 2.45) is 0 Å². The summed E-state index contributed by atoms with van der Waals surface area (Å²) in [7, 11) is 0. The average molecular weight is 119 g/mol. The van der Waals surface area contributed by atoms with Gasteiger partial charge in [-0.15, -0.1) is 0 Å². The minimum atomic E-state index is -0.931. The first kappa shape index (κ1) is 9.67. The van der Waals surface area contributed by atoms with E-state index in [0.717, 1.165) is 0 Å². The van der Waals surface area contributed by atoms with Crippen LogP contribution in [0.25, 0.3) is 0 Å². The van der Waals surface area contributed by atoms with Crippen molar-refractivity contribution in [3.8, 4) is 0 Å². The standard InChI is InChI=1S/Ca.2ClH.Li.H/h;2*1H;;/q+2;;;;/p-2. The Bertz CT molecular complexity index is 6.00. The Kier molecular flexibility index (Phi) is 21.9. The molecule has 0 rings (SSSR count). The van der Waals surface area contributed by atoms with Crippen LogP contribution in [0.15, 0.2) is 0 Å². The van der Waals surface area contributed by atoms with Crippen LogP contribution >= 0.6 is 12.8 Å². The molecular formula is HCaCl2Li. The summed E-state index contributed by atoms with van der Waals surface area (Å²) in [6.07, 6.45) is 9.90. The van der Waals surface area contributed by atoms with E-state index < -0.39 is 30.8 Å². The van der Waals surface area contributed by atoms with Gasteiger partial charge in [-0.2, -0.15) is 0 Å². The first-order valence-electron chi connectivity index (χ1n) is 0.535. The summed E-state index contributed by atoms with van der Waals surface area (Å²) in [4.78, 5) is 0. The summed E-state index contributed by atoms with van der Waals surface area (Å²) in [5.74, 6) is 0. The first-order valence-corrected chi connectivity index (χ1v) is 6.61. The Balaban J connectivity index is 0. The zero-order chi connectivity index (χ0) is 2.71. The molecule has 0 spiro atoms. The normalized spacial score (nSPS) is 2.50. The third-order valence-electron chi connectivity index (χ3n) is 0. The molecule has 0 aromatic heterocycles. The van der Waals surface area contributed by atoms with Gasteiger partial charge >= 0.3 is 62.5 Å². The van der Waals surface area contributed by atoms with Crippen LogP contribution < -0.4 is 0 Å². The molecule has 18 valence electrons. The molecule has 0 unspecified atom stereocenters. The Labute approximate surface area is 61.2 Å². The molecule has 0 atom stereocenters. The van der Waals surface area contributed by atoms with Gasteiger partial charge in [0.25, 0.3) is 0 Å². The summed E-state index contributed by atoms with van der Waals surface area (Å²) in [5, 5.41) is 0. The molecule has 0 nitrogen and oxygen atoms in total. The van der Waals surface area contributed by atoms with E-state index in [2.05, 4.69) is 0 Å². The third kappa shape index (κ3) is 8.83. The predicted octanol–water partition coefficient (Wildman–Crippen LogP) is 0.350. The van der Waals surface area contributed by atoms with Crippen LogP contribution in [0, 0.1) is 0 Å². The fourth-order valence-electron chi connectivity index (χ4n) is 0. The second-order valence-electron chi connectivity index (χ2n) is 0.101. The second kappa shape index (κ2) is 9.06. The average Bonchev–Trinajstić information content (AvgIpc) is 0.918. The zero-order valence-corrected chi connectivity index (χ0v) is 5.18. The van der Waals surface area contributed by atoms with Crippen molar-refractivity contribution in [3.05, 3.63) is 0 Å². The maximum atomic E-state index is 4.95. The molecule has 0 saturated heterocycles. The number of hydrogen-bond acceptors (Lipinski definition) is 0. The molecule has 0 aliphatic carbocycles. The van der Waals surface area contributed by atoms with E-state index in [1.807, 2.05) is 0 Å². The molecule has 0 N–H and O–H groups in total. The number of rotatable bonds is 0. The van der Waals surface area contributed by atoms with E-state index in [1.54, 1.807) is 0 Å². The van der Waals surface area contributed by atoms with Gasteiger partial charge in [0.05, 0.1) is 0 Å². The molecule has 4 heavy (non-hydrogen) atoms. The van der Waals surface area contributed by atoms with Crippen LogP contribution in [0.3, 0.4) is 0 Å². The van der Waals surface area contributed by atoms with Gasteiger partial charge in [0.2, 0.25) is 0 Å². The SMILES string of the molecule is [Cl][Ca][Cl].[LiH]. The van der Waals surface area contributed by atoms with E-state index >= 15 is 0 Å². The van der Waals surface area contributed by atoms with Gasteiger partial charge in [-0.1, -0.05) is 0 Å². The Morgan fingerprint density at radius 1 is 1.25 bits per heavy atom. The topological polar surface area (TPSA) is 0 Å². The maximum absolute atomic E-state index is 4.95. The molecule has 0 fully saturated rings. The van der Waals surface area contributed by atoms with E-state index in [4.69, 9.17) is 12.8 Å². The van der Waals surface area contributed by atoms with Gasteiger partial charge < -0.3 is 0 Å². The van der Waals surface area contributed by atoms with E-state index in [1.165, 1.54) is 0 Å². The third-order valence-corrected chi connectivity index (χ3v) is 0. The van der Waals surface area contributed by atoms with Gasteiger partial charge in [0, 0.05) is 0 Å². The Morgan fingerprint density at radius 2 is 1.25 bits per heavy atom. The number of halogens is 2. The zero-order valence-electron chi connectivity index (χ0n) is 1.46. The Morgan fingerprint density at radius 3 is 1.25 bits per heavy atom. The summed E-state index contributed by atoms with van der Waals surface area (Å²) in [6.45, 7) is 0. The summed E-state index contributed by atoms with van der Waals surface area (Å²) < 4.78 is 0. The summed E-state index contributed by atoms with van der Waals surface area (Å²) >= 11 is -0.931. The van der Waals surface area contributed by atoms with Crippen molar-refractivity contribution in [3.63, 3.8) is 0 Å². The van der Waals surface area contributed by atoms with Crippen molar-refractivity contribution in [1.82, 2.24) is 0 Å². The molecule has 0 aromatic carbocycles. The van der Waals surface area contributed by atoms with E-state index in [9.17, 15) is 0 Å². The molecule has 0 aromatic rings. The monoisotopic (exact) mass is 118 g/mol. The van der Waals surface area contributed by atoms with Crippen molar-refractivity contribution in [1.29, 1.82) is 0 Å². The second-order valence-corrected chi connectivity index (χ2v) is 3.75. The van der Waals surface area contributed by atoms with Crippen molar-refractivity contribution in [2.45, 2.75) is 0 Å². The van der Waals surface area contributed by atoms with Crippen molar-refractivity contribution >= 4 is 62.5 Å². The predicted molar refractivity (Wildman–Crippen MR) is 24.6 cm³/mol. The number of hydrogen-bond donors (Lipinski definition) is 0. The minimum absolute atomic E-state index is 0. The summed E-state index contributed by atoms with van der Waals surface area (Å²) in [5.41, 5.74) is 0. The molecule has 0 radical (unpaired) electrons. The molecule has 4 heteroatoms. The van der Waals surface area contributed by atoms with Crippen LogP contribution in [0.5, 0.6) is 0 Å². The first-order chi connectivity index (χ1) is 1.41. The summed E-state index contributed by atoms with van der Waals surface area (Å²) in [6, 6.07) is 0. The van der Waals surface area contributed by atoms with Crippen LogP contribution in [-0.4, -0.2) is 49.7 Å². The fraction of sp³-hybridized carbons (Fsp3) is 0. The quantitative estimate of drug-likeness (QED) is 0.403. The van der Waals surface area contributed by atoms with Crippen LogP contribution in [-0.2, 0) is 0 Å². The molecular weight excluding hydrogens is 118 g/mol. The van der Waals surface area contributed by atoms with E-state index in [-0.39, 0.29) is 18.9 Å². The van der Waals surface area contributed by atoms with Gasteiger partial charge in [0.1, 0.15) is 0 Å². The van der Waals surface area contributed by atoms with E-state index in [0.29, 0.717) is 0 Å². The van der Waals surface area contributed by atoms with Crippen molar-refractivity contribution < 1.29 is 0 Å². The van der Waals surface area contributed by atoms with Gasteiger partial charge in [-0.05, 0) is 0 Å². The molecule has 0 heterocycles. The molecule has 0 aliphatic rings. The molecule has 0 amide bonds. The van der Waals surface area contributed by atoms with Crippen LogP contribution in [0.1, 0.15) is 0 Å². The Hall–Kier alpha value is 2.44. The molecule has 0 aliphatic heterocycles. The van der Waals surface area contributed by atoms with Crippen LogP contribution in [0.4, 0.5) is 0 Å². The molecule has 0 bridgehead atoms. The van der Waals surface area contributed by atoms with Crippen molar-refractivity contribution in [2.75, 3.05) is 0 Å². The fourth-order valence-corrected chi connectivity index (χ4v) is 0. The van der Waals surface area contributed by atoms with Gasteiger partial charge in [-0.3, -0.25) is 0 Å². The van der Waals surface area contributed by atoms with Gasteiger partial charge in [0.15, 0.2) is 0 Å². The van der Waals surface area contributed by atoms with Crippen LogP contribution in [0.2, 0.25) is 0 Å². The molecule has 0 saturated carbocycles. The van der Waals surface area contributed by atoms with Gasteiger partial charge in [-0.25, -0.2) is 0 Å².